The highest BCUT2D eigenvalue weighted by Crippen LogP contribution is 2.35. The number of hydrogen-bond acceptors (Lipinski definition) is 4. The van der Waals surface area contributed by atoms with E-state index in [9.17, 15) is 4.79 Å². The third-order valence-electron chi connectivity index (χ3n) is 5.26. The Hall–Kier alpha value is -2.56. The summed E-state index contributed by atoms with van der Waals surface area (Å²) in [4.78, 5) is 15.1. The van der Waals surface area contributed by atoms with E-state index in [1.807, 2.05) is 43.0 Å². The molecular weight excluding hydrogens is 328 g/mol. The molecule has 136 valence electrons. The Morgan fingerprint density at radius 2 is 2.08 bits per heavy atom. The molecule has 3 aromatic rings. The van der Waals surface area contributed by atoms with Crippen molar-refractivity contribution in [3.63, 3.8) is 0 Å². The Morgan fingerprint density at radius 1 is 1.27 bits per heavy atom. The van der Waals surface area contributed by atoms with E-state index in [1.54, 1.807) is 0 Å². The highest BCUT2D eigenvalue weighted by atomic mass is 16.5. The fourth-order valence-corrected chi connectivity index (χ4v) is 3.72. The Morgan fingerprint density at radius 3 is 2.81 bits per heavy atom. The summed E-state index contributed by atoms with van der Waals surface area (Å²) in [7, 11) is 0. The van der Waals surface area contributed by atoms with Crippen molar-refractivity contribution in [2.45, 2.75) is 52.5 Å². The Balaban J connectivity index is 1.67. The quantitative estimate of drug-likeness (QED) is 0.655. The van der Waals surface area contributed by atoms with Gasteiger partial charge in [0.05, 0.1) is 6.04 Å². The lowest BCUT2D eigenvalue weighted by Gasteiger charge is -2.22. The van der Waals surface area contributed by atoms with Crippen LogP contribution in [-0.4, -0.2) is 22.5 Å². The standard InChI is InChI=1S/C21H24N2O3/c1-12(2)18-11-16(22-26-18)17-6-5-9-23(17)21(24)20-14(4)15-8-7-13(3)10-19(15)25-20/h7-8,10-12,17H,5-6,9H2,1-4H3/t17-/m1/s1. The number of carbonyl (C=O) groups excluding carboxylic acids is 1. The minimum Gasteiger partial charge on any atom is -0.451 e. The molecule has 1 amide bonds. The van der Waals surface area contributed by atoms with Crippen LogP contribution in [0.15, 0.2) is 33.2 Å². The van der Waals surface area contributed by atoms with E-state index < -0.39 is 0 Å². The largest absolute Gasteiger partial charge is 0.451 e. The molecule has 0 spiro atoms. The average Bonchev–Trinajstić information content (AvgIpc) is 3.32. The van der Waals surface area contributed by atoms with Gasteiger partial charge in [-0.1, -0.05) is 31.1 Å². The molecular formula is C21H24N2O3. The van der Waals surface area contributed by atoms with Gasteiger partial charge in [-0.15, -0.1) is 0 Å². The summed E-state index contributed by atoms with van der Waals surface area (Å²) in [5, 5.41) is 5.22. The van der Waals surface area contributed by atoms with Crippen LogP contribution in [-0.2, 0) is 0 Å². The van der Waals surface area contributed by atoms with Crippen LogP contribution in [0, 0.1) is 13.8 Å². The van der Waals surface area contributed by atoms with Crippen LogP contribution in [0.5, 0.6) is 0 Å². The molecule has 1 fully saturated rings. The second-order valence-corrected chi connectivity index (χ2v) is 7.52. The summed E-state index contributed by atoms with van der Waals surface area (Å²) in [5.74, 6) is 1.51. The number of benzene rings is 1. The number of furan rings is 1. The molecule has 0 aliphatic carbocycles. The second-order valence-electron chi connectivity index (χ2n) is 7.52. The Kier molecular flexibility index (Phi) is 4.10. The highest BCUT2D eigenvalue weighted by molar-refractivity contribution is 5.99. The van der Waals surface area contributed by atoms with Crippen LogP contribution >= 0.6 is 0 Å². The number of likely N-dealkylation sites (tertiary alicyclic amines) is 1. The van der Waals surface area contributed by atoms with Gasteiger partial charge in [0.25, 0.3) is 5.91 Å². The monoisotopic (exact) mass is 352 g/mol. The number of aryl methyl sites for hydroxylation is 2. The lowest BCUT2D eigenvalue weighted by atomic mass is 10.1. The summed E-state index contributed by atoms with van der Waals surface area (Å²) in [5.41, 5.74) is 3.63. The van der Waals surface area contributed by atoms with Gasteiger partial charge < -0.3 is 13.8 Å². The molecule has 5 heteroatoms. The predicted molar refractivity (Wildman–Crippen MR) is 99.3 cm³/mol. The first-order chi connectivity index (χ1) is 12.5. The van der Waals surface area contributed by atoms with Crippen molar-refractivity contribution >= 4 is 16.9 Å². The molecule has 0 N–H and O–H groups in total. The molecule has 1 aromatic carbocycles. The maximum atomic E-state index is 13.2. The zero-order chi connectivity index (χ0) is 18.4. The van der Waals surface area contributed by atoms with Crippen LogP contribution < -0.4 is 0 Å². The van der Waals surface area contributed by atoms with Gasteiger partial charge in [-0.05, 0) is 38.3 Å². The Labute approximate surface area is 152 Å². The first kappa shape index (κ1) is 16.9. The maximum Gasteiger partial charge on any atom is 0.290 e. The maximum absolute atomic E-state index is 13.2. The first-order valence-electron chi connectivity index (χ1n) is 9.23. The topological polar surface area (TPSA) is 59.5 Å². The summed E-state index contributed by atoms with van der Waals surface area (Å²) in [6.07, 6.45) is 1.85. The zero-order valence-electron chi connectivity index (χ0n) is 15.7. The molecule has 0 saturated carbocycles. The fraction of sp³-hybridized carbons (Fsp3) is 0.429. The van der Waals surface area contributed by atoms with Crippen molar-refractivity contribution in [2.75, 3.05) is 6.54 Å². The van der Waals surface area contributed by atoms with Crippen LogP contribution in [0.1, 0.15) is 71.8 Å². The van der Waals surface area contributed by atoms with Crippen LogP contribution in [0.3, 0.4) is 0 Å². The third-order valence-corrected chi connectivity index (χ3v) is 5.26. The molecule has 0 bridgehead atoms. The van der Waals surface area contributed by atoms with Gasteiger partial charge in [0.2, 0.25) is 0 Å². The van der Waals surface area contributed by atoms with Crippen molar-refractivity contribution < 1.29 is 13.7 Å². The summed E-state index contributed by atoms with van der Waals surface area (Å²) < 4.78 is 11.4. The second kappa shape index (κ2) is 6.31. The number of hydrogen-bond donors (Lipinski definition) is 0. The van der Waals surface area contributed by atoms with Crippen LogP contribution in [0.25, 0.3) is 11.0 Å². The molecule has 5 nitrogen and oxygen atoms in total. The molecule has 4 rings (SSSR count). The minimum absolute atomic E-state index is 0.0481. The van der Waals surface area contributed by atoms with Gasteiger partial charge in [-0.3, -0.25) is 4.79 Å². The van der Waals surface area contributed by atoms with Gasteiger partial charge in [-0.25, -0.2) is 0 Å². The normalized spacial score (nSPS) is 17.6. The smallest absolute Gasteiger partial charge is 0.290 e. The van der Waals surface area contributed by atoms with Crippen LogP contribution in [0.2, 0.25) is 0 Å². The van der Waals surface area contributed by atoms with Crippen molar-refractivity contribution in [2.24, 2.45) is 0 Å². The van der Waals surface area contributed by atoms with E-state index >= 15 is 0 Å². The molecule has 2 aromatic heterocycles. The number of carbonyl (C=O) groups is 1. The number of rotatable bonds is 3. The predicted octanol–water partition coefficient (Wildman–Crippen LogP) is 5.14. The van der Waals surface area contributed by atoms with E-state index in [0.717, 1.165) is 46.4 Å². The van der Waals surface area contributed by atoms with E-state index in [1.165, 1.54) is 0 Å². The van der Waals surface area contributed by atoms with Gasteiger partial charge in [-0.2, -0.15) is 0 Å². The average molecular weight is 352 g/mol. The molecule has 0 unspecified atom stereocenters. The minimum atomic E-state index is -0.0621. The SMILES string of the molecule is Cc1ccc2c(C)c(C(=O)N3CCC[C@@H]3c3cc(C(C)C)on3)oc2c1. The van der Waals surface area contributed by atoms with Gasteiger partial charge in [0.15, 0.2) is 5.76 Å². The van der Waals surface area contributed by atoms with E-state index in [2.05, 4.69) is 19.0 Å². The van der Waals surface area contributed by atoms with E-state index in [-0.39, 0.29) is 17.9 Å². The lowest BCUT2D eigenvalue weighted by Crippen LogP contribution is -2.30. The van der Waals surface area contributed by atoms with Crippen LogP contribution in [0.4, 0.5) is 0 Å². The summed E-state index contributed by atoms with van der Waals surface area (Å²) in [6.45, 7) is 8.82. The molecule has 1 saturated heterocycles. The van der Waals surface area contributed by atoms with Crippen molar-refractivity contribution in [1.29, 1.82) is 0 Å². The molecule has 1 aliphatic heterocycles. The molecule has 3 heterocycles. The zero-order valence-corrected chi connectivity index (χ0v) is 15.7. The third kappa shape index (κ3) is 2.71. The van der Waals surface area contributed by atoms with E-state index in [0.29, 0.717) is 12.3 Å². The number of aromatic nitrogens is 1. The Bertz CT molecular complexity index is 967. The summed E-state index contributed by atoms with van der Waals surface area (Å²) >= 11 is 0. The molecule has 26 heavy (non-hydrogen) atoms. The molecule has 0 radical (unpaired) electrons. The van der Waals surface area contributed by atoms with E-state index in [4.69, 9.17) is 8.94 Å². The van der Waals surface area contributed by atoms with Gasteiger partial charge >= 0.3 is 0 Å². The lowest BCUT2D eigenvalue weighted by molar-refractivity contribution is 0.0700. The number of amides is 1. The summed E-state index contributed by atoms with van der Waals surface area (Å²) in [6, 6.07) is 7.98. The van der Waals surface area contributed by atoms with Crippen molar-refractivity contribution in [1.82, 2.24) is 10.1 Å². The first-order valence-corrected chi connectivity index (χ1v) is 9.23. The van der Waals surface area contributed by atoms with Crippen molar-refractivity contribution in [3.05, 3.63) is 52.6 Å². The van der Waals surface area contributed by atoms with Gasteiger partial charge in [0.1, 0.15) is 17.0 Å². The fourth-order valence-electron chi connectivity index (χ4n) is 3.72. The van der Waals surface area contributed by atoms with Gasteiger partial charge in [0, 0.05) is 29.5 Å². The number of fused-ring (bicyclic) bond motifs is 1. The van der Waals surface area contributed by atoms with Crippen molar-refractivity contribution in [3.8, 4) is 0 Å². The molecule has 1 aliphatic rings. The molecule has 1 atom stereocenters. The highest BCUT2D eigenvalue weighted by Gasteiger charge is 2.35. The number of nitrogens with zero attached hydrogens (tertiary/aromatic N) is 2.